The Morgan fingerprint density at radius 2 is 1.71 bits per heavy atom. The fourth-order valence-electron chi connectivity index (χ4n) is 2.12. The van der Waals surface area contributed by atoms with E-state index in [1.807, 2.05) is 29.0 Å². The zero-order valence-electron chi connectivity index (χ0n) is 11.4. The highest BCUT2D eigenvalue weighted by molar-refractivity contribution is 7.11. The van der Waals surface area contributed by atoms with Crippen LogP contribution in [0.5, 0.6) is 5.75 Å². The number of nitrogens with one attached hydrogen (secondary N) is 1. The molecule has 0 aliphatic carbocycles. The number of thiophene rings is 2. The monoisotopic (exact) mass is 319 g/mol. The number of methoxy groups -OCH3 is 1. The van der Waals surface area contributed by atoms with Crippen molar-refractivity contribution in [3.05, 3.63) is 68.8 Å². The SMILES string of the molecule is COc1ccc(NC(c2cccs2)c2cccs2)cc1F. The van der Waals surface area contributed by atoms with E-state index < -0.39 is 0 Å². The van der Waals surface area contributed by atoms with Gasteiger partial charge in [0.15, 0.2) is 11.6 Å². The minimum absolute atomic E-state index is 0.0396. The summed E-state index contributed by atoms with van der Waals surface area (Å²) in [6.45, 7) is 0. The molecular formula is C16H14FNOS2. The first-order valence-corrected chi connectivity index (χ1v) is 8.21. The molecule has 0 radical (unpaired) electrons. The van der Waals surface area contributed by atoms with Crippen LogP contribution in [0.4, 0.5) is 10.1 Å². The van der Waals surface area contributed by atoms with Crippen LogP contribution in [-0.4, -0.2) is 7.11 Å². The fraction of sp³-hybridized carbons (Fsp3) is 0.125. The van der Waals surface area contributed by atoms with Crippen molar-refractivity contribution in [1.29, 1.82) is 0 Å². The van der Waals surface area contributed by atoms with Crippen molar-refractivity contribution in [3.8, 4) is 5.75 Å². The Bertz CT molecular complexity index is 661. The minimum atomic E-state index is -0.362. The van der Waals surface area contributed by atoms with Crippen molar-refractivity contribution in [1.82, 2.24) is 0 Å². The summed E-state index contributed by atoms with van der Waals surface area (Å²) in [5, 5.41) is 7.50. The predicted octanol–water partition coefficient (Wildman–Crippen LogP) is 5.16. The molecule has 2 heterocycles. The molecular weight excluding hydrogens is 305 g/mol. The maximum absolute atomic E-state index is 13.8. The first-order chi connectivity index (χ1) is 10.3. The largest absolute Gasteiger partial charge is 0.494 e. The summed E-state index contributed by atoms with van der Waals surface area (Å²) in [7, 11) is 1.46. The Hall–Kier alpha value is -1.85. The fourth-order valence-corrected chi connectivity index (χ4v) is 3.78. The molecule has 0 bridgehead atoms. The van der Waals surface area contributed by atoms with E-state index in [1.54, 1.807) is 28.7 Å². The van der Waals surface area contributed by atoms with Crippen molar-refractivity contribution in [3.63, 3.8) is 0 Å². The molecule has 0 saturated carbocycles. The van der Waals surface area contributed by atoms with Crippen LogP contribution in [0.15, 0.2) is 53.2 Å². The minimum Gasteiger partial charge on any atom is -0.494 e. The molecule has 0 spiro atoms. The summed E-state index contributed by atoms with van der Waals surface area (Å²) in [4.78, 5) is 2.40. The lowest BCUT2D eigenvalue weighted by molar-refractivity contribution is 0.386. The number of rotatable bonds is 5. The second kappa shape index (κ2) is 6.28. The molecule has 0 aliphatic rings. The first-order valence-electron chi connectivity index (χ1n) is 6.45. The third kappa shape index (κ3) is 3.09. The molecule has 108 valence electrons. The maximum Gasteiger partial charge on any atom is 0.167 e. The Labute approximate surface area is 130 Å². The Balaban J connectivity index is 1.90. The van der Waals surface area contributed by atoms with Gasteiger partial charge in [-0.25, -0.2) is 4.39 Å². The highest BCUT2D eigenvalue weighted by Crippen LogP contribution is 2.33. The molecule has 1 aromatic carbocycles. The molecule has 1 N–H and O–H groups in total. The molecule has 0 unspecified atom stereocenters. The third-order valence-electron chi connectivity index (χ3n) is 3.12. The molecule has 21 heavy (non-hydrogen) atoms. The maximum atomic E-state index is 13.8. The van der Waals surface area contributed by atoms with Gasteiger partial charge in [0.25, 0.3) is 0 Å². The van der Waals surface area contributed by atoms with Gasteiger partial charge in [0.05, 0.1) is 13.2 Å². The van der Waals surface area contributed by atoms with E-state index in [0.717, 1.165) is 5.69 Å². The van der Waals surface area contributed by atoms with Crippen molar-refractivity contribution in [2.45, 2.75) is 6.04 Å². The molecule has 0 fully saturated rings. The van der Waals surface area contributed by atoms with Gasteiger partial charge in [-0.3, -0.25) is 0 Å². The van der Waals surface area contributed by atoms with Crippen LogP contribution >= 0.6 is 22.7 Å². The average Bonchev–Trinajstić information content (AvgIpc) is 3.18. The quantitative estimate of drug-likeness (QED) is 0.701. The van der Waals surface area contributed by atoms with Crippen LogP contribution in [0.2, 0.25) is 0 Å². The molecule has 5 heteroatoms. The van der Waals surface area contributed by atoms with Crippen LogP contribution in [0.25, 0.3) is 0 Å². The van der Waals surface area contributed by atoms with Gasteiger partial charge < -0.3 is 10.1 Å². The predicted molar refractivity (Wildman–Crippen MR) is 87.1 cm³/mol. The molecule has 0 aliphatic heterocycles. The van der Waals surface area contributed by atoms with E-state index in [1.165, 1.54) is 22.9 Å². The number of benzene rings is 1. The van der Waals surface area contributed by atoms with Crippen molar-refractivity contribution in [2.75, 3.05) is 12.4 Å². The second-order valence-corrected chi connectivity index (χ2v) is 6.42. The molecule has 0 saturated heterocycles. The average molecular weight is 319 g/mol. The Morgan fingerprint density at radius 3 is 2.19 bits per heavy atom. The highest BCUT2D eigenvalue weighted by atomic mass is 32.1. The number of halogens is 1. The lowest BCUT2D eigenvalue weighted by Crippen LogP contribution is -2.09. The van der Waals surface area contributed by atoms with Gasteiger partial charge >= 0.3 is 0 Å². The first kappa shape index (κ1) is 14.1. The van der Waals surface area contributed by atoms with E-state index in [2.05, 4.69) is 17.4 Å². The second-order valence-electron chi connectivity index (χ2n) is 4.46. The number of hydrogen-bond donors (Lipinski definition) is 1. The van der Waals surface area contributed by atoms with Crippen LogP contribution in [0.3, 0.4) is 0 Å². The van der Waals surface area contributed by atoms with E-state index in [0.29, 0.717) is 0 Å². The van der Waals surface area contributed by atoms with Crippen LogP contribution < -0.4 is 10.1 Å². The van der Waals surface area contributed by atoms with E-state index in [9.17, 15) is 4.39 Å². The van der Waals surface area contributed by atoms with Gasteiger partial charge in [0, 0.05) is 21.5 Å². The third-order valence-corrected chi connectivity index (χ3v) is 4.99. The Kier molecular flexibility index (Phi) is 4.22. The van der Waals surface area contributed by atoms with Gasteiger partial charge in [-0.15, -0.1) is 22.7 Å². The summed E-state index contributed by atoms with van der Waals surface area (Å²) < 4.78 is 18.8. The van der Waals surface area contributed by atoms with E-state index in [4.69, 9.17) is 4.74 Å². The summed E-state index contributed by atoms with van der Waals surface area (Å²) >= 11 is 3.37. The lowest BCUT2D eigenvalue weighted by atomic mass is 10.2. The molecule has 3 aromatic rings. The molecule has 0 atom stereocenters. The molecule has 0 amide bonds. The zero-order valence-corrected chi connectivity index (χ0v) is 13.0. The zero-order chi connectivity index (χ0) is 14.7. The number of anilines is 1. The van der Waals surface area contributed by atoms with Gasteiger partial charge in [-0.2, -0.15) is 0 Å². The van der Waals surface area contributed by atoms with Crippen LogP contribution in [0.1, 0.15) is 15.8 Å². The summed E-state index contributed by atoms with van der Waals surface area (Å²) in [6.07, 6.45) is 0. The number of hydrogen-bond acceptors (Lipinski definition) is 4. The summed E-state index contributed by atoms with van der Waals surface area (Å²) in [5.41, 5.74) is 0.736. The van der Waals surface area contributed by atoms with E-state index in [-0.39, 0.29) is 17.6 Å². The van der Waals surface area contributed by atoms with Gasteiger partial charge in [-0.1, -0.05) is 12.1 Å². The van der Waals surface area contributed by atoms with Crippen LogP contribution in [0, 0.1) is 5.82 Å². The smallest absolute Gasteiger partial charge is 0.167 e. The standard InChI is InChI=1S/C16H14FNOS2/c1-19-13-7-6-11(10-12(13)17)18-16(14-4-2-8-20-14)15-5-3-9-21-15/h2-10,16,18H,1H3. The Morgan fingerprint density at radius 1 is 1.05 bits per heavy atom. The van der Waals surface area contributed by atoms with Gasteiger partial charge in [0.2, 0.25) is 0 Å². The summed E-state index contributed by atoms with van der Waals surface area (Å²) in [6, 6.07) is 13.2. The summed E-state index contributed by atoms with van der Waals surface area (Å²) in [5.74, 6) is -0.108. The lowest BCUT2D eigenvalue weighted by Gasteiger charge is -2.18. The topological polar surface area (TPSA) is 21.3 Å². The molecule has 3 rings (SSSR count). The van der Waals surface area contributed by atoms with Crippen molar-refractivity contribution in [2.24, 2.45) is 0 Å². The van der Waals surface area contributed by atoms with Gasteiger partial charge in [0.1, 0.15) is 0 Å². The molecule has 2 nitrogen and oxygen atoms in total. The van der Waals surface area contributed by atoms with Crippen LogP contribution in [-0.2, 0) is 0 Å². The van der Waals surface area contributed by atoms with E-state index >= 15 is 0 Å². The van der Waals surface area contributed by atoms with Gasteiger partial charge in [-0.05, 0) is 35.0 Å². The van der Waals surface area contributed by atoms with Crippen molar-refractivity contribution < 1.29 is 9.13 Å². The van der Waals surface area contributed by atoms with Crippen molar-refractivity contribution >= 4 is 28.4 Å². The normalized spacial score (nSPS) is 10.8. The molecule has 2 aromatic heterocycles. The number of ether oxygens (including phenoxy) is 1. The highest BCUT2D eigenvalue weighted by Gasteiger charge is 2.16.